The van der Waals surface area contributed by atoms with Crippen LogP contribution in [0, 0.1) is 0 Å². The van der Waals surface area contributed by atoms with Crippen molar-refractivity contribution in [3.8, 4) is 0 Å². The summed E-state index contributed by atoms with van der Waals surface area (Å²) in [6.07, 6.45) is 2.17. The number of rotatable bonds is 3. The van der Waals surface area contributed by atoms with E-state index in [1.807, 2.05) is 11.0 Å². The van der Waals surface area contributed by atoms with Crippen molar-refractivity contribution in [1.29, 1.82) is 0 Å². The van der Waals surface area contributed by atoms with Crippen LogP contribution in [0.3, 0.4) is 0 Å². The minimum Gasteiger partial charge on any atom is -0.481 e. The van der Waals surface area contributed by atoms with Crippen molar-refractivity contribution in [2.45, 2.75) is 31.8 Å². The molecule has 0 aromatic heterocycles. The van der Waals surface area contributed by atoms with Gasteiger partial charge in [0.25, 0.3) is 5.91 Å². The Balaban J connectivity index is 1.89. The second-order valence-electron chi connectivity index (χ2n) is 4.73. The molecular weight excluding hydrogens is 218 g/mol. The minimum absolute atomic E-state index is 0.0238. The average Bonchev–Trinajstić information content (AvgIpc) is 3.05. The first-order valence-electron chi connectivity index (χ1n) is 5.80. The summed E-state index contributed by atoms with van der Waals surface area (Å²) in [6.45, 7) is 0.687. The number of carboxylic acid groups (broad SMARTS) is 1. The van der Waals surface area contributed by atoms with Gasteiger partial charge in [0.2, 0.25) is 0 Å². The molecule has 1 aliphatic carbocycles. The van der Waals surface area contributed by atoms with E-state index in [1.165, 1.54) is 0 Å². The lowest BCUT2D eigenvalue weighted by atomic mass is 10.0. The van der Waals surface area contributed by atoms with E-state index in [-0.39, 0.29) is 12.3 Å². The highest BCUT2D eigenvalue weighted by atomic mass is 16.4. The van der Waals surface area contributed by atoms with E-state index in [0.29, 0.717) is 23.7 Å². The number of amides is 1. The van der Waals surface area contributed by atoms with Crippen molar-refractivity contribution in [3.63, 3.8) is 0 Å². The molecule has 1 amide bonds. The van der Waals surface area contributed by atoms with Crippen molar-refractivity contribution in [2.75, 3.05) is 0 Å². The van der Waals surface area contributed by atoms with Crippen LogP contribution in [0.2, 0.25) is 0 Å². The van der Waals surface area contributed by atoms with Crippen molar-refractivity contribution in [1.82, 2.24) is 4.90 Å². The Labute approximate surface area is 98.9 Å². The fraction of sp³-hybridized carbons (Fsp3) is 0.385. The Bertz CT molecular complexity index is 505. The molecule has 0 spiro atoms. The van der Waals surface area contributed by atoms with Crippen LogP contribution in [0.15, 0.2) is 18.2 Å². The van der Waals surface area contributed by atoms with Crippen LogP contribution in [0.4, 0.5) is 0 Å². The molecule has 0 saturated heterocycles. The summed E-state index contributed by atoms with van der Waals surface area (Å²) in [7, 11) is 0. The van der Waals surface area contributed by atoms with E-state index in [4.69, 9.17) is 5.11 Å². The predicted molar refractivity (Wildman–Crippen MR) is 60.7 cm³/mol. The molecular formula is C13H13NO3. The number of carboxylic acids is 1. The SMILES string of the molecule is O=C(O)Cc1ccc2c(c1)C(=O)N(C1CC1)C2. The van der Waals surface area contributed by atoms with Crippen LogP contribution in [-0.2, 0) is 17.8 Å². The minimum atomic E-state index is -0.866. The first kappa shape index (κ1) is 10.3. The van der Waals surface area contributed by atoms with Crippen molar-refractivity contribution < 1.29 is 14.7 Å². The number of fused-ring (bicyclic) bond motifs is 1. The lowest BCUT2D eigenvalue weighted by molar-refractivity contribution is -0.136. The van der Waals surface area contributed by atoms with Crippen LogP contribution in [0.25, 0.3) is 0 Å². The monoisotopic (exact) mass is 231 g/mol. The third-order valence-corrected chi connectivity index (χ3v) is 3.35. The number of hydrogen-bond donors (Lipinski definition) is 1. The van der Waals surface area contributed by atoms with Crippen LogP contribution in [0.5, 0.6) is 0 Å². The topological polar surface area (TPSA) is 57.6 Å². The van der Waals surface area contributed by atoms with Gasteiger partial charge in [0.1, 0.15) is 0 Å². The Morgan fingerprint density at radius 1 is 1.41 bits per heavy atom. The molecule has 17 heavy (non-hydrogen) atoms. The second-order valence-corrected chi connectivity index (χ2v) is 4.73. The maximum atomic E-state index is 12.1. The first-order valence-corrected chi connectivity index (χ1v) is 5.80. The standard InChI is InChI=1S/C13H13NO3/c15-12(16)6-8-1-2-9-7-14(10-3-4-10)13(17)11(9)5-8/h1-2,5,10H,3-4,6-7H2,(H,15,16). The average molecular weight is 231 g/mol. The van der Waals surface area contributed by atoms with Gasteiger partial charge in [0.15, 0.2) is 0 Å². The molecule has 4 heteroatoms. The van der Waals surface area contributed by atoms with E-state index >= 15 is 0 Å². The zero-order valence-corrected chi connectivity index (χ0v) is 9.35. The van der Waals surface area contributed by atoms with Gasteiger partial charge in [0, 0.05) is 18.2 Å². The molecule has 0 radical (unpaired) electrons. The lowest BCUT2D eigenvalue weighted by Gasteiger charge is -2.13. The Morgan fingerprint density at radius 2 is 2.18 bits per heavy atom. The number of carbonyl (C=O) groups excluding carboxylic acids is 1. The summed E-state index contributed by atoms with van der Waals surface area (Å²) in [4.78, 5) is 24.6. The summed E-state index contributed by atoms with van der Waals surface area (Å²) in [5.74, 6) is -0.802. The van der Waals surface area contributed by atoms with Gasteiger partial charge in [-0.05, 0) is 30.0 Å². The molecule has 3 rings (SSSR count). The molecule has 1 aliphatic heterocycles. The summed E-state index contributed by atoms with van der Waals surface area (Å²) >= 11 is 0. The van der Waals surface area contributed by atoms with Crippen molar-refractivity contribution in [2.24, 2.45) is 0 Å². The van der Waals surface area contributed by atoms with Gasteiger partial charge in [-0.3, -0.25) is 9.59 Å². The molecule has 1 aromatic carbocycles. The molecule has 2 aliphatic rings. The van der Waals surface area contributed by atoms with Gasteiger partial charge in [0.05, 0.1) is 6.42 Å². The highest BCUT2D eigenvalue weighted by Crippen LogP contribution is 2.34. The third kappa shape index (κ3) is 1.79. The normalized spacial score (nSPS) is 18.4. The van der Waals surface area contributed by atoms with Gasteiger partial charge in [-0.25, -0.2) is 0 Å². The molecule has 1 aromatic rings. The highest BCUT2D eigenvalue weighted by Gasteiger charge is 2.38. The van der Waals surface area contributed by atoms with E-state index < -0.39 is 5.97 Å². The van der Waals surface area contributed by atoms with Gasteiger partial charge < -0.3 is 10.0 Å². The Hall–Kier alpha value is -1.84. The molecule has 4 nitrogen and oxygen atoms in total. The summed E-state index contributed by atoms with van der Waals surface area (Å²) in [5.41, 5.74) is 2.41. The number of carbonyl (C=O) groups is 2. The van der Waals surface area contributed by atoms with E-state index in [9.17, 15) is 9.59 Å². The fourth-order valence-corrected chi connectivity index (χ4v) is 2.34. The zero-order chi connectivity index (χ0) is 12.0. The molecule has 1 fully saturated rings. The van der Waals surface area contributed by atoms with E-state index in [0.717, 1.165) is 18.4 Å². The largest absolute Gasteiger partial charge is 0.481 e. The summed E-state index contributed by atoms with van der Waals surface area (Å²) in [5, 5.41) is 8.74. The Morgan fingerprint density at radius 3 is 2.82 bits per heavy atom. The quantitative estimate of drug-likeness (QED) is 0.856. The van der Waals surface area contributed by atoms with Crippen LogP contribution >= 0.6 is 0 Å². The maximum absolute atomic E-state index is 12.1. The van der Waals surface area contributed by atoms with Gasteiger partial charge in [-0.1, -0.05) is 12.1 Å². The third-order valence-electron chi connectivity index (χ3n) is 3.35. The number of aliphatic carboxylic acids is 1. The smallest absolute Gasteiger partial charge is 0.307 e. The molecule has 1 heterocycles. The van der Waals surface area contributed by atoms with Gasteiger partial charge in [-0.15, -0.1) is 0 Å². The maximum Gasteiger partial charge on any atom is 0.307 e. The molecule has 0 bridgehead atoms. The lowest BCUT2D eigenvalue weighted by Crippen LogP contribution is -2.25. The first-order chi connectivity index (χ1) is 8.15. The van der Waals surface area contributed by atoms with E-state index in [2.05, 4.69) is 0 Å². The number of benzene rings is 1. The van der Waals surface area contributed by atoms with Crippen LogP contribution < -0.4 is 0 Å². The van der Waals surface area contributed by atoms with Crippen LogP contribution in [-0.4, -0.2) is 27.9 Å². The molecule has 0 atom stereocenters. The highest BCUT2D eigenvalue weighted by molar-refractivity contribution is 5.99. The summed E-state index contributed by atoms with van der Waals surface area (Å²) < 4.78 is 0. The van der Waals surface area contributed by atoms with E-state index in [1.54, 1.807) is 12.1 Å². The van der Waals surface area contributed by atoms with Crippen LogP contribution in [0.1, 0.15) is 34.3 Å². The number of nitrogens with zero attached hydrogens (tertiary/aromatic N) is 1. The molecule has 1 saturated carbocycles. The van der Waals surface area contributed by atoms with Crippen molar-refractivity contribution >= 4 is 11.9 Å². The van der Waals surface area contributed by atoms with Gasteiger partial charge in [-0.2, -0.15) is 0 Å². The predicted octanol–water partition coefficient (Wildman–Crippen LogP) is 1.43. The zero-order valence-electron chi connectivity index (χ0n) is 9.35. The van der Waals surface area contributed by atoms with Crippen molar-refractivity contribution in [3.05, 3.63) is 34.9 Å². The number of hydrogen-bond acceptors (Lipinski definition) is 2. The molecule has 0 unspecified atom stereocenters. The molecule has 1 N–H and O–H groups in total. The van der Waals surface area contributed by atoms with Gasteiger partial charge >= 0.3 is 5.97 Å². The Kier molecular flexibility index (Phi) is 2.18. The summed E-state index contributed by atoms with van der Waals surface area (Å²) in [6, 6.07) is 5.83. The fourth-order valence-electron chi connectivity index (χ4n) is 2.34. The second kappa shape index (κ2) is 3.58. The molecule has 88 valence electrons.